The van der Waals surface area contributed by atoms with Crippen LogP contribution < -0.4 is 0 Å². The Morgan fingerprint density at radius 2 is 1.30 bits per heavy atom. The first-order valence-electron chi connectivity index (χ1n) is 10.0. The number of hydrogen-bond donors (Lipinski definition) is 0. The molecule has 0 aliphatic rings. The second-order valence-electron chi connectivity index (χ2n) is 6.94. The molecular formula is C22H32O3SV. The number of benzene rings is 2. The van der Waals surface area contributed by atoms with Crippen molar-refractivity contribution in [3.8, 4) is 0 Å². The molecule has 0 bridgehead atoms. The van der Waals surface area contributed by atoms with Crippen LogP contribution in [0.25, 0.3) is 10.8 Å². The van der Waals surface area contributed by atoms with E-state index in [2.05, 4.69) is 6.92 Å². The van der Waals surface area contributed by atoms with E-state index in [0.717, 1.165) is 30.0 Å². The molecule has 0 atom stereocenters. The topological polar surface area (TPSA) is 43.4 Å². The molecule has 0 aromatic heterocycles. The Morgan fingerprint density at radius 1 is 0.741 bits per heavy atom. The fourth-order valence-corrected chi connectivity index (χ4v) is 4.40. The fraction of sp³-hybridized carbons (Fsp3) is 0.545. The van der Waals surface area contributed by atoms with Crippen LogP contribution in [-0.2, 0) is 32.9 Å². The van der Waals surface area contributed by atoms with Crippen molar-refractivity contribution in [1.29, 1.82) is 0 Å². The van der Waals surface area contributed by atoms with Crippen LogP contribution in [0.4, 0.5) is 0 Å². The maximum atomic E-state index is 12.5. The molecule has 2 rings (SSSR count). The summed E-state index contributed by atoms with van der Waals surface area (Å²) in [5, 5.41) is 1.63. The first kappa shape index (κ1) is 24.2. The van der Waals surface area contributed by atoms with Crippen molar-refractivity contribution in [1.82, 2.24) is 0 Å². The Hall–Kier alpha value is -0.806. The van der Waals surface area contributed by atoms with Crippen LogP contribution in [0.3, 0.4) is 0 Å². The molecule has 0 spiro atoms. The van der Waals surface area contributed by atoms with Gasteiger partial charge in [-0.05, 0) is 17.9 Å². The van der Waals surface area contributed by atoms with Gasteiger partial charge < -0.3 is 0 Å². The first-order valence-corrected chi connectivity index (χ1v) is 11.4. The van der Waals surface area contributed by atoms with Gasteiger partial charge in [0.2, 0.25) is 0 Å². The molecule has 0 aliphatic carbocycles. The minimum absolute atomic E-state index is 0. The minimum Gasteiger partial charge on any atom is -0.266 e. The van der Waals surface area contributed by atoms with E-state index in [4.69, 9.17) is 4.18 Å². The van der Waals surface area contributed by atoms with Gasteiger partial charge in [-0.3, -0.25) is 4.18 Å². The minimum atomic E-state index is -3.70. The van der Waals surface area contributed by atoms with Gasteiger partial charge in [0, 0.05) is 23.9 Å². The number of fused-ring (bicyclic) bond motifs is 1. The second-order valence-corrected chi connectivity index (χ2v) is 8.52. The third-order valence-electron chi connectivity index (χ3n) is 4.76. The Labute approximate surface area is 176 Å². The van der Waals surface area contributed by atoms with E-state index in [1.54, 1.807) is 12.1 Å². The van der Waals surface area contributed by atoms with E-state index in [1.807, 2.05) is 30.3 Å². The SMILES string of the molecule is CCCCCCCCCCCCOS(=O)(=O)c1cccc2ccccc12.[V]. The number of unbranched alkanes of at least 4 members (excludes halogenated alkanes) is 9. The molecular weight excluding hydrogens is 395 g/mol. The molecule has 0 unspecified atom stereocenters. The molecule has 1 radical (unpaired) electrons. The zero-order valence-electron chi connectivity index (χ0n) is 16.4. The van der Waals surface area contributed by atoms with Gasteiger partial charge in [0.1, 0.15) is 4.90 Å². The van der Waals surface area contributed by atoms with Crippen LogP contribution in [0.2, 0.25) is 0 Å². The summed E-state index contributed by atoms with van der Waals surface area (Å²) in [5.74, 6) is 0. The summed E-state index contributed by atoms with van der Waals surface area (Å²) in [4.78, 5) is 0.266. The molecule has 2 aromatic rings. The average Bonchev–Trinajstić information content (AvgIpc) is 2.65. The fourth-order valence-electron chi connectivity index (χ4n) is 3.24. The van der Waals surface area contributed by atoms with Gasteiger partial charge >= 0.3 is 0 Å². The maximum absolute atomic E-state index is 12.5. The molecule has 3 nitrogen and oxygen atoms in total. The Morgan fingerprint density at radius 3 is 1.96 bits per heavy atom. The molecule has 0 aliphatic heterocycles. The van der Waals surface area contributed by atoms with Crippen molar-refractivity contribution < 1.29 is 31.2 Å². The van der Waals surface area contributed by atoms with Crippen LogP contribution in [0.5, 0.6) is 0 Å². The second kappa shape index (κ2) is 13.4. The van der Waals surface area contributed by atoms with Crippen LogP contribution in [0.1, 0.15) is 71.1 Å². The third kappa shape index (κ3) is 8.39. The molecule has 0 saturated heterocycles. The predicted octanol–water partition coefficient (Wildman–Crippen LogP) is 6.46. The molecule has 149 valence electrons. The van der Waals surface area contributed by atoms with Crippen molar-refractivity contribution in [3.63, 3.8) is 0 Å². The summed E-state index contributed by atoms with van der Waals surface area (Å²) in [6.45, 7) is 2.50. The molecule has 0 fully saturated rings. The summed E-state index contributed by atoms with van der Waals surface area (Å²) in [7, 11) is -3.70. The van der Waals surface area contributed by atoms with Crippen molar-refractivity contribution in [2.45, 2.75) is 76.0 Å². The Kier molecular flexibility index (Phi) is 12.0. The molecule has 0 heterocycles. The van der Waals surface area contributed by atoms with E-state index in [9.17, 15) is 8.42 Å². The van der Waals surface area contributed by atoms with Gasteiger partial charge in [-0.1, -0.05) is 101 Å². The van der Waals surface area contributed by atoms with E-state index < -0.39 is 10.1 Å². The van der Waals surface area contributed by atoms with Crippen LogP contribution in [-0.4, -0.2) is 15.0 Å². The smallest absolute Gasteiger partial charge is 0.266 e. The van der Waals surface area contributed by atoms with Crippen LogP contribution in [0.15, 0.2) is 47.4 Å². The molecule has 5 heteroatoms. The summed E-state index contributed by atoms with van der Waals surface area (Å²) < 4.78 is 30.2. The largest absolute Gasteiger partial charge is 0.297 e. The van der Waals surface area contributed by atoms with Gasteiger partial charge in [-0.2, -0.15) is 8.42 Å². The Balaban J connectivity index is 0.00000364. The number of rotatable bonds is 13. The zero-order valence-corrected chi connectivity index (χ0v) is 18.6. The summed E-state index contributed by atoms with van der Waals surface area (Å²) in [5.41, 5.74) is 0. The van der Waals surface area contributed by atoms with E-state index in [0.29, 0.717) is 0 Å². The first-order chi connectivity index (χ1) is 12.6. The van der Waals surface area contributed by atoms with Crippen molar-refractivity contribution >= 4 is 20.9 Å². The van der Waals surface area contributed by atoms with Crippen molar-refractivity contribution in [3.05, 3.63) is 42.5 Å². The normalized spacial score (nSPS) is 11.4. The molecule has 0 saturated carbocycles. The summed E-state index contributed by atoms with van der Waals surface area (Å²) in [6.07, 6.45) is 12.2. The van der Waals surface area contributed by atoms with Crippen molar-refractivity contribution in [2.24, 2.45) is 0 Å². The van der Waals surface area contributed by atoms with E-state index in [-0.39, 0.29) is 30.1 Å². The van der Waals surface area contributed by atoms with Gasteiger partial charge in [0.25, 0.3) is 10.1 Å². The van der Waals surface area contributed by atoms with Gasteiger partial charge in [-0.25, -0.2) is 0 Å². The van der Waals surface area contributed by atoms with Crippen molar-refractivity contribution in [2.75, 3.05) is 6.61 Å². The summed E-state index contributed by atoms with van der Waals surface area (Å²) >= 11 is 0. The molecule has 27 heavy (non-hydrogen) atoms. The quantitative estimate of drug-likeness (QED) is 0.272. The van der Waals surface area contributed by atoms with Gasteiger partial charge in [0.15, 0.2) is 0 Å². The molecule has 2 aromatic carbocycles. The van der Waals surface area contributed by atoms with Gasteiger partial charge in [-0.15, -0.1) is 0 Å². The molecule has 0 amide bonds. The third-order valence-corrected chi connectivity index (χ3v) is 6.13. The monoisotopic (exact) mass is 427 g/mol. The number of hydrogen-bond acceptors (Lipinski definition) is 3. The van der Waals surface area contributed by atoms with E-state index >= 15 is 0 Å². The molecule has 0 N–H and O–H groups in total. The van der Waals surface area contributed by atoms with Crippen LogP contribution in [0, 0.1) is 0 Å². The van der Waals surface area contributed by atoms with E-state index in [1.165, 1.54) is 44.9 Å². The Bertz CT molecular complexity index is 754. The van der Waals surface area contributed by atoms with Gasteiger partial charge in [0.05, 0.1) is 6.61 Å². The van der Waals surface area contributed by atoms with Crippen LogP contribution >= 0.6 is 0 Å². The average molecular weight is 428 g/mol. The predicted molar refractivity (Wildman–Crippen MR) is 109 cm³/mol. The zero-order chi connectivity index (χ0) is 18.7. The summed E-state index contributed by atoms with van der Waals surface area (Å²) in [6, 6.07) is 12.8. The standard InChI is InChI=1S/C22H32O3S.V/c1-2-3-4-5-6-7-8-9-10-13-19-25-26(23,24)22-18-14-16-20-15-11-12-17-21(20)22;/h11-12,14-18H,2-10,13,19H2,1H3;. The maximum Gasteiger partial charge on any atom is 0.297 e.